The van der Waals surface area contributed by atoms with Crippen molar-refractivity contribution in [3.8, 4) is 22.6 Å². The second kappa shape index (κ2) is 9.05. The van der Waals surface area contributed by atoms with Crippen molar-refractivity contribution in [3.05, 3.63) is 89.5 Å². The normalized spacial score (nSPS) is 12.8. The Kier molecular flexibility index (Phi) is 5.89. The van der Waals surface area contributed by atoms with E-state index in [1.165, 1.54) is 37.4 Å². The molecule has 0 aliphatic heterocycles. The van der Waals surface area contributed by atoms with Crippen LogP contribution >= 0.6 is 0 Å². The van der Waals surface area contributed by atoms with Gasteiger partial charge < -0.3 is 14.9 Å². The van der Waals surface area contributed by atoms with Gasteiger partial charge in [-0.3, -0.25) is 4.72 Å². The number of allylic oxidation sites excluding steroid dienone is 1. The molecule has 0 fully saturated rings. The molecule has 0 saturated carbocycles. The average molecular weight is 502 g/mol. The van der Waals surface area contributed by atoms with Crippen molar-refractivity contribution in [1.29, 1.82) is 0 Å². The zero-order chi connectivity index (χ0) is 25.4. The SMILES string of the molecule is COC(=O)c1ccc(S(=O)(=O)Nc2cc(-c3c(O)ccc4c3C=CCC4)c(O)c3ccccc23)cc1. The predicted molar refractivity (Wildman–Crippen MR) is 139 cm³/mol. The highest BCUT2D eigenvalue weighted by atomic mass is 32.2. The number of hydrogen-bond donors (Lipinski definition) is 3. The van der Waals surface area contributed by atoms with Gasteiger partial charge in [-0.25, -0.2) is 13.2 Å². The van der Waals surface area contributed by atoms with Crippen LogP contribution in [0.3, 0.4) is 0 Å². The summed E-state index contributed by atoms with van der Waals surface area (Å²) in [6, 6.07) is 17.3. The molecule has 1 aliphatic carbocycles. The van der Waals surface area contributed by atoms with Crippen molar-refractivity contribution in [2.45, 2.75) is 17.7 Å². The van der Waals surface area contributed by atoms with Crippen molar-refractivity contribution < 1.29 is 28.2 Å². The largest absolute Gasteiger partial charge is 0.507 e. The van der Waals surface area contributed by atoms with Crippen molar-refractivity contribution in [1.82, 2.24) is 0 Å². The van der Waals surface area contributed by atoms with Crippen molar-refractivity contribution >= 4 is 38.5 Å². The molecule has 0 spiro atoms. The number of benzene rings is 4. The summed E-state index contributed by atoms with van der Waals surface area (Å²) in [5.41, 5.74) is 3.05. The highest BCUT2D eigenvalue weighted by Crippen LogP contribution is 2.46. The highest BCUT2D eigenvalue weighted by molar-refractivity contribution is 7.92. The van der Waals surface area contributed by atoms with Crippen LogP contribution in [0.1, 0.15) is 27.9 Å². The van der Waals surface area contributed by atoms with Crippen LogP contribution in [0.5, 0.6) is 11.5 Å². The summed E-state index contributed by atoms with van der Waals surface area (Å²) in [7, 11) is -2.80. The summed E-state index contributed by atoms with van der Waals surface area (Å²) in [5.74, 6) is -0.641. The highest BCUT2D eigenvalue weighted by Gasteiger charge is 2.23. The summed E-state index contributed by atoms with van der Waals surface area (Å²) in [5, 5.41) is 22.9. The molecule has 0 unspecified atom stereocenters. The van der Waals surface area contributed by atoms with E-state index in [1.54, 1.807) is 30.3 Å². The number of rotatable bonds is 5. The van der Waals surface area contributed by atoms with E-state index in [2.05, 4.69) is 9.46 Å². The lowest BCUT2D eigenvalue weighted by Crippen LogP contribution is -2.14. The molecule has 7 nitrogen and oxygen atoms in total. The summed E-state index contributed by atoms with van der Waals surface area (Å²) < 4.78 is 33.8. The van der Waals surface area contributed by atoms with Gasteiger partial charge in [0.1, 0.15) is 11.5 Å². The number of esters is 1. The van der Waals surface area contributed by atoms with Gasteiger partial charge in [-0.2, -0.15) is 0 Å². The molecule has 0 bridgehead atoms. The number of methoxy groups -OCH3 is 1. The van der Waals surface area contributed by atoms with Crippen LogP contribution in [0, 0.1) is 0 Å². The topological polar surface area (TPSA) is 113 Å². The van der Waals surface area contributed by atoms with Crippen molar-refractivity contribution in [2.24, 2.45) is 0 Å². The number of aryl methyl sites for hydroxylation is 1. The molecule has 0 atom stereocenters. The molecule has 36 heavy (non-hydrogen) atoms. The lowest BCUT2D eigenvalue weighted by Gasteiger charge is -2.20. The molecular formula is C28H23NO6S. The monoisotopic (exact) mass is 501 g/mol. The number of carbonyl (C=O) groups is 1. The standard InChI is InChI=1S/C28H23NO6S/c1-35-28(32)18-10-13-19(14-11-18)36(33,34)29-24-16-23(27(31)22-9-5-4-8-21(22)24)26-20-7-3-2-6-17(20)12-15-25(26)30/h3-5,7-16,29-31H,2,6H2,1H3. The number of hydrogen-bond acceptors (Lipinski definition) is 6. The van der Waals surface area contributed by atoms with Gasteiger partial charge in [0.25, 0.3) is 10.0 Å². The van der Waals surface area contributed by atoms with Crippen LogP contribution in [-0.4, -0.2) is 31.7 Å². The van der Waals surface area contributed by atoms with E-state index in [0.717, 1.165) is 24.0 Å². The number of anilines is 1. The Morgan fingerprint density at radius 2 is 1.69 bits per heavy atom. The molecule has 4 aromatic rings. The molecule has 0 saturated heterocycles. The maximum Gasteiger partial charge on any atom is 0.337 e. The molecular weight excluding hydrogens is 478 g/mol. The van der Waals surface area contributed by atoms with Gasteiger partial charge in [0.15, 0.2) is 0 Å². The third-order valence-corrected chi connectivity index (χ3v) is 7.68. The maximum absolute atomic E-state index is 13.3. The van der Waals surface area contributed by atoms with E-state index in [0.29, 0.717) is 21.9 Å². The maximum atomic E-state index is 13.3. The fraction of sp³-hybridized carbons (Fsp3) is 0.107. The Hall–Kier alpha value is -4.30. The molecule has 0 aromatic heterocycles. The number of phenolic OH excluding ortho intramolecular Hbond substituents is 2. The van der Waals surface area contributed by atoms with Gasteiger partial charge in [0, 0.05) is 21.9 Å². The first-order valence-corrected chi connectivity index (χ1v) is 12.8. The van der Waals surface area contributed by atoms with Crippen molar-refractivity contribution in [3.63, 3.8) is 0 Å². The van der Waals surface area contributed by atoms with Crippen LogP contribution in [0.15, 0.2) is 77.7 Å². The number of nitrogens with one attached hydrogen (secondary N) is 1. The zero-order valence-corrected chi connectivity index (χ0v) is 20.2. The lowest BCUT2D eigenvalue weighted by molar-refractivity contribution is 0.0600. The number of phenols is 2. The fourth-order valence-electron chi connectivity index (χ4n) is 4.51. The Balaban J connectivity index is 1.66. The summed E-state index contributed by atoms with van der Waals surface area (Å²) in [4.78, 5) is 11.7. The summed E-state index contributed by atoms with van der Waals surface area (Å²) >= 11 is 0. The van der Waals surface area contributed by atoms with Gasteiger partial charge in [-0.1, -0.05) is 42.5 Å². The summed E-state index contributed by atoms with van der Waals surface area (Å²) in [6.45, 7) is 0. The molecule has 8 heteroatoms. The van der Waals surface area contributed by atoms with E-state index < -0.39 is 16.0 Å². The van der Waals surface area contributed by atoms with Crippen LogP contribution < -0.4 is 4.72 Å². The van der Waals surface area contributed by atoms with Gasteiger partial charge in [0.2, 0.25) is 0 Å². The molecule has 1 aliphatic rings. The Bertz CT molecular complexity index is 1640. The van der Waals surface area contributed by atoms with E-state index in [-0.39, 0.29) is 27.6 Å². The van der Waals surface area contributed by atoms with Gasteiger partial charge in [0.05, 0.1) is 23.3 Å². The Morgan fingerprint density at radius 3 is 2.42 bits per heavy atom. The first-order valence-electron chi connectivity index (χ1n) is 11.3. The predicted octanol–water partition coefficient (Wildman–Crippen LogP) is 5.46. The number of sulfonamides is 1. The second-order valence-corrected chi connectivity index (χ2v) is 10.1. The fourth-order valence-corrected chi connectivity index (χ4v) is 5.58. The van der Waals surface area contributed by atoms with Gasteiger partial charge >= 0.3 is 5.97 Å². The zero-order valence-electron chi connectivity index (χ0n) is 19.4. The number of ether oxygens (including phenoxy) is 1. The lowest BCUT2D eigenvalue weighted by atomic mass is 9.88. The molecule has 0 radical (unpaired) electrons. The first kappa shape index (κ1) is 23.4. The minimum Gasteiger partial charge on any atom is -0.507 e. The third-order valence-electron chi connectivity index (χ3n) is 6.29. The third kappa shape index (κ3) is 4.05. The molecule has 0 amide bonds. The van der Waals surface area contributed by atoms with Crippen LogP contribution in [0.4, 0.5) is 5.69 Å². The van der Waals surface area contributed by atoms with Gasteiger partial charge in [-0.05, 0) is 60.4 Å². The Labute approximate surface area is 208 Å². The number of carbonyl (C=O) groups excluding carboxylic acids is 1. The van der Waals surface area contributed by atoms with Crippen LogP contribution in [0.25, 0.3) is 28.0 Å². The van der Waals surface area contributed by atoms with Gasteiger partial charge in [-0.15, -0.1) is 0 Å². The summed E-state index contributed by atoms with van der Waals surface area (Å²) in [6.07, 6.45) is 5.59. The Morgan fingerprint density at radius 1 is 0.972 bits per heavy atom. The average Bonchev–Trinajstić information content (AvgIpc) is 2.90. The molecule has 5 rings (SSSR count). The number of aromatic hydroxyl groups is 2. The minimum absolute atomic E-state index is 0.0157. The molecule has 182 valence electrons. The smallest absolute Gasteiger partial charge is 0.337 e. The molecule has 3 N–H and O–H groups in total. The number of fused-ring (bicyclic) bond motifs is 2. The quantitative estimate of drug-likeness (QED) is 0.247. The second-order valence-electron chi connectivity index (χ2n) is 8.46. The van der Waals surface area contributed by atoms with Crippen LogP contribution in [-0.2, 0) is 21.2 Å². The van der Waals surface area contributed by atoms with Crippen molar-refractivity contribution in [2.75, 3.05) is 11.8 Å². The van der Waals surface area contributed by atoms with E-state index >= 15 is 0 Å². The molecule has 0 heterocycles. The first-order chi connectivity index (χ1) is 17.3. The minimum atomic E-state index is -4.05. The van der Waals surface area contributed by atoms with E-state index in [9.17, 15) is 23.4 Å². The van der Waals surface area contributed by atoms with Crippen LogP contribution in [0.2, 0.25) is 0 Å². The molecule has 4 aromatic carbocycles. The van der Waals surface area contributed by atoms with E-state index in [1.807, 2.05) is 18.2 Å². The van der Waals surface area contributed by atoms with E-state index in [4.69, 9.17) is 0 Å².